The molecule has 0 aliphatic carbocycles. The van der Waals surface area contributed by atoms with Crippen LogP contribution in [0.25, 0.3) is 22.6 Å². The molecular weight excluding hydrogens is 445 g/mol. The van der Waals surface area contributed by atoms with Gasteiger partial charge in [-0.25, -0.2) is 19.2 Å². The number of hydrogen-bond acceptors (Lipinski definition) is 7. The largest absolute Gasteiger partial charge is 0.378 e. The fraction of sp³-hybridized carbons (Fsp3) is 0.391. The molecule has 2 aliphatic rings. The summed E-state index contributed by atoms with van der Waals surface area (Å²) in [6.07, 6.45) is 0.548. The lowest BCUT2D eigenvalue weighted by Gasteiger charge is -2.39. The number of carbonyl (C=O) groups excluding carboxylic acids is 1. The van der Waals surface area contributed by atoms with E-state index in [2.05, 4.69) is 19.9 Å². The van der Waals surface area contributed by atoms with Gasteiger partial charge in [-0.2, -0.15) is 0 Å². The first-order valence-corrected chi connectivity index (χ1v) is 10.9. The summed E-state index contributed by atoms with van der Waals surface area (Å²) >= 11 is 0. The smallest absolute Gasteiger partial charge is 0.345 e. The lowest BCUT2D eigenvalue weighted by atomic mass is 9.90. The SMILES string of the molecule is CC1(C(=O)N2CCOCC2)COC(c2nc(-c3ccc(F)cc3)c(-c3ccnc(=O)[nH]3)[nH]2)OC1. The maximum atomic E-state index is 13.5. The van der Waals surface area contributed by atoms with Gasteiger partial charge in [0, 0.05) is 24.8 Å². The van der Waals surface area contributed by atoms with Gasteiger partial charge in [-0.3, -0.25) is 4.79 Å². The summed E-state index contributed by atoms with van der Waals surface area (Å²) in [5.74, 6) is -0.0369. The Morgan fingerprint density at radius 3 is 2.50 bits per heavy atom. The quantitative estimate of drug-likeness (QED) is 0.598. The van der Waals surface area contributed by atoms with Crippen LogP contribution in [0.1, 0.15) is 19.0 Å². The van der Waals surface area contributed by atoms with Crippen molar-refractivity contribution in [2.75, 3.05) is 39.5 Å². The highest BCUT2D eigenvalue weighted by molar-refractivity contribution is 5.83. The Morgan fingerprint density at radius 2 is 1.82 bits per heavy atom. The lowest BCUT2D eigenvalue weighted by Crippen LogP contribution is -2.53. The number of benzene rings is 1. The normalized spacial score (nSPS) is 23.1. The molecule has 2 N–H and O–H groups in total. The van der Waals surface area contributed by atoms with Crippen molar-refractivity contribution in [1.29, 1.82) is 0 Å². The monoisotopic (exact) mass is 469 g/mol. The third-order valence-electron chi connectivity index (χ3n) is 5.93. The van der Waals surface area contributed by atoms with Crippen molar-refractivity contribution >= 4 is 5.91 Å². The summed E-state index contributed by atoms with van der Waals surface area (Å²) in [6, 6.07) is 7.49. The van der Waals surface area contributed by atoms with Gasteiger partial charge in [0.05, 0.1) is 48.9 Å². The van der Waals surface area contributed by atoms with E-state index in [1.165, 1.54) is 18.3 Å². The number of aromatic nitrogens is 4. The van der Waals surface area contributed by atoms with Crippen molar-refractivity contribution in [3.63, 3.8) is 0 Å². The molecule has 1 aromatic carbocycles. The van der Waals surface area contributed by atoms with Crippen LogP contribution in [0.2, 0.25) is 0 Å². The summed E-state index contributed by atoms with van der Waals surface area (Å²) in [5, 5.41) is 0. The maximum Gasteiger partial charge on any atom is 0.345 e. The lowest BCUT2D eigenvalue weighted by molar-refractivity contribution is -0.235. The standard InChI is InChI=1S/C23H24FN5O5/c1-23(21(30)29-8-10-32-11-9-29)12-33-20(34-13-23)19-27-17(14-2-4-15(24)5-3-14)18(28-19)16-6-7-25-22(31)26-16/h2-7,20H,8-13H2,1H3,(H,27,28)(H,25,26,31). The predicted molar refractivity (Wildman–Crippen MR) is 118 cm³/mol. The van der Waals surface area contributed by atoms with Crippen LogP contribution in [-0.4, -0.2) is 70.3 Å². The Bertz CT molecular complexity index is 1230. The van der Waals surface area contributed by atoms with Gasteiger partial charge in [0.1, 0.15) is 5.82 Å². The van der Waals surface area contributed by atoms with E-state index in [1.807, 2.05) is 6.92 Å². The summed E-state index contributed by atoms with van der Waals surface area (Å²) in [5.41, 5.74) is 0.759. The molecule has 2 aliphatic heterocycles. The Hall–Kier alpha value is -3.41. The first kappa shape index (κ1) is 22.4. The number of halogens is 1. The minimum atomic E-state index is -0.841. The highest BCUT2D eigenvalue weighted by Crippen LogP contribution is 2.36. The first-order chi connectivity index (χ1) is 16.4. The summed E-state index contributed by atoms with van der Waals surface area (Å²) in [7, 11) is 0. The molecule has 10 nitrogen and oxygen atoms in total. The maximum absolute atomic E-state index is 13.5. The molecule has 178 valence electrons. The van der Waals surface area contributed by atoms with Crippen molar-refractivity contribution in [2.45, 2.75) is 13.2 Å². The molecule has 0 bridgehead atoms. The van der Waals surface area contributed by atoms with Crippen LogP contribution in [0, 0.1) is 11.2 Å². The van der Waals surface area contributed by atoms with E-state index < -0.39 is 17.4 Å². The summed E-state index contributed by atoms with van der Waals surface area (Å²) < 4.78 is 30.7. The average molecular weight is 469 g/mol. The second-order valence-electron chi connectivity index (χ2n) is 8.56. The molecule has 0 radical (unpaired) electrons. The van der Waals surface area contributed by atoms with Crippen LogP contribution >= 0.6 is 0 Å². The van der Waals surface area contributed by atoms with E-state index in [0.717, 1.165) is 0 Å². The number of nitrogens with one attached hydrogen (secondary N) is 2. The predicted octanol–water partition coefficient (Wildman–Crippen LogP) is 1.88. The zero-order valence-electron chi connectivity index (χ0n) is 18.5. The van der Waals surface area contributed by atoms with Gasteiger partial charge < -0.3 is 29.1 Å². The van der Waals surface area contributed by atoms with Gasteiger partial charge in [-0.1, -0.05) is 0 Å². The second-order valence-corrected chi connectivity index (χ2v) is 8.56. The number of aromatic amines is 2. The third kappa shape index (κ3) is 4.37. The number of carbonyl (C=O) groups is 1. The second kappa shape index (κ2) is 9.09. The molecule has 34 heavy (non-hydrogen) atoms. The van der Waals surface area contributed by atoms with Gasteiger partial charge >= 0.3 is 5.69 Å². The van der Waals surface area contributed by atoms with Gasteiger partial charge in [0.2, 0.25) is 12.2 Å². The molecule has 0 saturated carbocycles. The molecule has 1 amide bonds. The molecule has 2 saturated heterocycles. The van der Waals surface area contributed by atoms with Gasteiger partial charge in [0.15, 0.2) is 5.82 Å². The molecule has 0 unspecified atom stereocenters. The first-order valence-electron chi connectivity index (χ1n) is 10.9. The zero-order chi connectivity index (χ0) is 23.7. The van der Waals surface area contributed by atoms with Gasteiger partial charge in [-0.15, -0.1) is 0 Å². The fourth-order valence-electron chi connectivity index (χ4n) is 4.07. The topological polar surface area (TPSA) is 122 Å². The highest BCUT2D eigenvalue weighted by Gasteiger charge is 2.43. The third-order valence-corrected chi connectivity index (χ3v) is 5.93. The van der Waals surface area contributed by atoms with E-state index in [1.54, 1.807) is 23.1 Å². The van der Waals surface area contributed by atoms with E-state index in [4.69, 9.17) is 14.2 Å². The summed E-state index contributed by atoms with van der Waals surface area (Å²) in [4.78, 5) is 40.7. The van der Waals surface area contributed by atoms with E-state index in [0.29, 0.717) is 54.8 Å². The zero-order valence-corrected chi connectivity index (χ0v) is 18.5. The van der Waals surface area contributed by atoms with E-state index >= 15 is 0 Å². The van der Waals surface area contributed by atoms with Crippen molar-refractivity contribution in [1.82, 2.24) is 24.8 Å². The molecule has 0 spiro atoms. The van der Waals surface area contributed by atoms with Crippen LogP contribution in [0.3, 0.4) is 0 Å². The van der Waals surface area contributed by atoms with E-state index in [9.17, 15) is 14.0 Å². The van der Waals surface area contributed by atoms with Crippen LogP contribution in [0.4, 0.5) is 4.39 Å². The molecular formula is C23H24FN5O5. The van der Waals surface area contributed by atoms with Gasteiger partial charge in [-0.05, 0) is 37.3 Å². The minimum absolute atomic E-state index is 0.0317. The van der Waals surface area contributed by atoms with Crippen molar-refractivity contribution in [3.8, 4) is 22.6 Å². The fourth-order valence-corrected chi connectivity index (χ4v) is 4.07. The Kier molecular flexibility index (Phi) is 5.98. The molecule has 4 heterocycles. The molecule has 5 rings (SSSR count). The molecule has 2 aromatic heterocycles. The number of amides is 1. The number of H-pyrrole nitrogens is 2. The molecule has 0 atom stereocenters. The van der Waals surface area contributed by atoms with Crippen LogP contribution in [0.5, 0.6) is 0 Å². The molecule has 3 aromatic rings. The Morgan fingerprint density at radius 1 is 1.12 bits per heavy atom. The minimum Gasteiger partial charge on any atom is -0.378 e. The highest BCUT2D eigenvalue weighted by atomic mass is 19.1. The number of imidazole rings is 1. The summed E-state index contributed by atoms with van der Waals surface area (Å²) in [6.45, 7) is 4.26. The van der Waals surface area contributed by atoms with Crippen LogP contribution in [0.15, 0.2) is 41.3 Å². The number of hydrogen-bond donors (Lipinski definition) is 2. The van der Waals surface area contributed by atoms with Crippen molar-refractivity contribution in [2.24, 2.45) is 5.41 Å². The van der Waals surface area contributed by atoms with Crippen LogP contribution in [-0.2, 0) is 19.0 Å². The number of nitrogens with zero attached hydrogens (tertiary/aromatic N) is 3. The number of ether oxygens (including phenoxy) is 3. The molecule has 2 fully saturated rings. The van der Waals surface area contributed by atoms with Gasteiger partial charge in [0.25, 0.3) is 0 Å². The Balaban J connectivity index is 1.41. The van der Waals surface area contributed by atoms with E-state index in [-0.39, 0.29) is 24.9 Å². The molecule has 11 heteroatoms. The Labute approximate surface area is 194 Å². The number of rotatable bonds is 4. The van der Waals surface area contributed by atoms with Crippen LogP contribution < -0.4 is 5.69 Å². The number of morpholine rings is 1. The van der Waals surface area contributed by atoms with Crippen molar-refractivity contribution in [3.05, 3.63) is 58.7 Å². The average Bonchev–Trinajstić information content (AvgIpc) is 3.30. The van der Waals surface area contributed by atoms with Crippen molar-refractivity contribution < 1.29 is 23.4 Å².